The van der Waals surface area contributed by atoms with Gasteiger partial charge in [-0.2, -0.15) is 0 Å². The van der Waals surface area contributed by atoms with Crippen LogP contribution >= 0.6 is 0 Å². The van der Waals surface area contributed by atoms with Gasteiger partial charge in [-0.3, -0.25) is 0 Å². The first kappa shape index (κ1) is 19.4. The lowest BCUT2D eigenvalue weighted by Gasteiger charge is -2.30. The Bertz CT molecular complexity index is 1110. The largest absolute Gasteiger partial charge is 0.451 e. The Morgan fingerprint density at radius 1 is 0.839 bits per heavy atom. The molecule has 31 heavy (non-hydrogen) atoms. The van der Waals surface area contributed by atoms with Gasteiger partial charge in [-0.25, -0.2) is 9.59 Å². The van der Waals surface area contributed by atoms with Gasteiger partial charge in [-0.1, -0.05) is 72.8 Å². The number of rotatable bonds is 2. The lowest BCUT2D eigenvalue weighted by atomic mass is 9.83. The fourth-order valence-electron chi connectivity index (χ4n) is 4.83. The topological polar surface area (TPSA) is 55.8 Å². The molecule has 5 rings (SSSR count). The molecule has 3 aromatic carbocycles. The summed E-state index contributed by atoms with van der Waals surface area (Å²) >= 11 is 0. The number of benzene rings is 3. The van der Waals surface area contributed by atoms with Gasteiger partial charge in [0, 0.05) is 0 Å². The SMILES string of the molecule is COC(=O)N(OC(=O)[C@H]1CCCc2ccccc21)C1c2ccccc2-c2ccccc21. The highest BCUT2D eigenvalue weighted by Crippen LogP contribution is 2.47. The van der Waals surface area contributed by atoms with E-state index in [9.17, 15) is 9.59 Å². The van der Waals surface area contributed by atoms with Crippen LogP contribution in [-0.2, 0) is 20.8 Å². The Morgan fingerprint density at radius 3 is 2.06 bits per heavy atom. The van der Waals surface area contributed by atoms with Crippen molar-refractivity contribution in [3.8, 4) is 11.1 Å². The summed E-state index contributed by atoms with van der Waals surface area (Å²) in [6.07, 6.45) is 1.85. The zero-order valence-corrected chi connectivity index (χ0v) is 17.3. The second-order valence-corrected chi connectivity index (χ2v) is 7.93. The molecule has 0 saturated carbocycles. The first-order valence-corrected chi connectivity index (χ1v) is 10.5. The van der Waals surface area contributed by atoms with E-state index in [2.05, 4.69) is 6.07 Å². The first-order chi connectivity index (χ1) is 15.2. The smallest absolute Gasteiger partial charge is 0.443 e. The summed E-state index contributed by atoms with van der Waals surface area (Å²) in [5.74, 6) is -0.830. The maximum Gasteiger partial charge on any atom is 0.443 e. The van der Waals surface area contributed by atoms with E-state index in [4.69, 9.17) is 9.57 Å². The zero-order valence-electron chi connectivity index (χ0n) is 17.3. The quantitative estimate of drug-likeness (QED) is 0.528. The molecular formula is C26H23NO4. The van der Waals surface area contributed by atoms with Crippen molar-refractivity contribution in [2.24, 2.45) is 0 Å². The highest BCUT2D eigenvalue weighted by molar-refractivity contribution is 5.83. The van der Waals surface area contributed by atoms with Crippen molar-refractivity contribution in [3.05, 3.63) is 95.1 Å². The molecule has 0 aromatic heterocycles. The van der Waals surface area contributed by atoms with Crippen LogP contribution in [0.1, 0.15) is 47.1 Å². The molecule has 0 aliphatic heterocycles. The Hall–Kier alpha value is -3.60. The average Bonchev–Trinajstić information content (AvgIpc) is 3.16. The molecular weight excluding hydrogens is 390 g/mol. The van der Waals surface area contributed by atoms with E-state index in [0.29, 0.717) is 6.42 Å². The van der Waals surface area contributed by atoms with Gasteiger partial charge in [0.15, 0.2) is 0 Å². The number of nitrogens with zero attached hydrogens (tertiary/aromatic N) is 1. The summed E-state index contributed by atoms with van der Waals surface area (Å²) in [5, 5.41) is 1.10. The maximum atomic E-state index is 13.3. The number of methoxy groups -OCH3 is 1. The second-order valence-electron chi connectivity index (χ2n) is 7.93. The Kier molecular flexibility index (Phi) is 4.94. The lowest BCUT2D eigenvalue weighted by molar-refractivity contribution is -0.189. The predicted molar refractivity (Wildman–Crippen MR) is 116 cm³/mol. The van der Waals surface area contributed by atoms with Crippen molar-refractivity contribution < 1.29 is 19.2 Å². The minimum absolute atomic E-state index is 0.399. The van der Waals surface area contributed by atoms with Gasteiger partial charge < -0.3 is 9.57 Å². The van der Waals surface area contributed by atoms with Crippen LogP contribution in [0, 0.1) is 0 Å². The third-order valence-corrected chi connectivity index (χ3v) is 6.23. The van der Waals surface area contributed by atoms with E-state index >= 15 is 0 Å². The molecule has 0 spiro atoms. The summed E-state index contributed by atoms with van der Waals surface area (Å²) < 4.78 is 5.02. The molecule has 1 atom stereocenters. The predicted octanol–water partition coefficient (Wildman–Crippen LogP) is 5.40. The molecule has 0 fully saturated rings. The van der Waals surface area contributed by atoms with Crippen LogP contribution < -0.4 is 0 Å². The van der Waals surface area contributed by atoms with Crippen molar-refractivity contribution in [3.63, 3.8) is 0 Å². The number of hydroxylamine groups is 2. The molecule has 0 unspecified atom stereocenters. The van der Waals surface area contributed by atoms with E-state index in [1.807, 2.05) is 66.7 Å². The van der Waals surface area contributed by atoms with Gasteiger partial charge in [-0.05, 0) is 52.6 Å². The normalized spacial score (nSPS) is 16.6. The highest BCUT2D eigenvalue weighted by Gasteiger charge is 2.40. The molecule has 0 saturated heterocycles. The summed E-state index contributed by atoms with van der Waals surface area (Å²) in [4.78, 5) is 31.9. The van der Waals surface area contributed by atoms with Crippen LogP contribution in [-0.4, -0.2) is 24.2 Å². The van der Waals surface area contributed by atoms with E-state index in [0.717, 1.165) is 51.3 Å². The van der Waals surface area contributed by atoms with Gasteiger partial charge >= 0.3 is 12.1 Å². The Labute approximate surface area is 181 Å². The van der Waals surface area contributed by atoms with Crippen LogP contribution in [0.3, 0.4) is 0 Å². The molecule has 1 amide bonds. The van der Waals surface area contributed by atoms with E-state index < -0.39 is 24.0 Å². The molecule has 156 valence electrons. The molecule has 5 heteroatoms. The first-order valence-electron chi connectivity index (χ1n) is 10.5. The van der Waals surface area contributed by atoms with E-state index in [-0.39, 0.29) is 0 Å². The Morgan fingerprint density at radius 2 is 1.42 bits per heavy atom. The number of aryl methyl sites for hydroxylation is 1. The molecule has 3 aromatic rings. The van der Waals surface area contributed by atoms with Gasteiger partial charge in [0.1, 0.15) is 6.04 Å². The van der Waals surface area contributed by atoms with Crippen LogP contribution in [0.25, 0.3) is 11.1 Å². The summed E-state index contributed by atoms with van der Waals surface area (Å²) in [6, 6.07) is 23.1. The minimum atomic E-state index is -0.700. The zero-order chi connectivity index (χ0) is 21.4. The molecule has 2 aliphatic carbocycles. The average molecular weight is 413 g/mol. The van der Waals surface area contributed by atoms with Crippen molar-refractivity contribution in [2.45, 2.75) is 31.2 Å². The molecule has 5 nitrogen and oxygen atoms in total. The number of ether oxygens (including phenoxy) is 1. The van der Waals surface area contributed by atoms with Crippen molar-refractivity contribution >= 4 is 12.1 Å². The summed E-state index contributed by atoms with van der Waals surface area (Å²) in [6.45, 7) is 0. The molecule has 0 heterocycles. The number of amides is 1. The van der Waals surface area contributed by atoms with Crippen LogP contribution in [0.4, 0.5) is 4.79 Å². The second kappa shape index (κ2) is 7.91. The van der Waals surface area contributed by atoms with Gasteiger partial charge in [0.2, 0.25) is 0 Å². The number of hydrogen-bond donors (Lipinski definition) is 0. The lowest BCUT2D eigenvalue weighted by Crippen LogP contribution is -2.38. The third kappa shape index (κ3) is 3.26. The van der Waals surface area contributed by atoms with Crippen molar-refractivity contribution in [1.29, 1.82) is 0 Å². The minimum Gasteiger partial charge on any atom is -0.451 e. The molecule has 0 bridgehead atoms. The van der Waals surface area contributed by atoms with Crippen molar-refractivity contribution in [2.75, 3.05) is 7.11 Å². The number of carbonyl (C=O) groups is 2. The highest BCUT2D eigenvalue weighted by atomic mass is 16.8. The van der Waals surface area contributed by atoms with E-state index in [1.165, 1.54) is 7.11 Å². The van der Waals surface area contributed by atoms with Gasteiger partial charge in [-0.15, -0.1) is 5.06 Å². The van der Waals surface area contributed by atoms with Gasteiger partial charge in [0.25, 0.3) is 0 Å². The van der Waals surface area contributed by atoms with Crippen LogP contribution in [0.2, 0.25) is 0 Å². The third-order valence-electron chi connectivity index (χ3n) is 6.23. The summed E-state index contributed by atoms with van der Waals surface area (Å²) in [5.41, 5.74) is 6.01. The van der Waals surface area contributed by atoms with Crippen molar-refractivity contribution in [1.82, 2.24) is 5.06 Å². The summed E-state index contributed by atoms with van der Waals surface area (Å²) in [7, 11) is 1.30. The van der Waals surface area contributed by atoms with E-state index in [1.54, 1.807) is 0 Å². The number of carbonyl (C=O) groups excluding carboxylic acids is 2. The number of hydrogen-bond acceptors (Lipinski definition) is 4. The van der Waals surface area contributed by atoms with Gasteiger partial charge in [0.05, 0.1) is 13.0 Å². The molecule has 0 radical (unpaired) electrons. The molecule has 0 N–H and O–H groups in total. The number of fused-ring (bicyclic) bond motifs is 4. The maximum absolute atomic E-state index is 13.3. The monoisotopic (exact) mass is 413 g/mol. The molecule has 2 aliphatic rings. The fraction of sp³-hybridized carbons (Fsp3) is 0.231. The van der Waals surface area contributed by atoms with Crippen LogP contribution in [0.15, 0.2) is 72.8 Å². The standard InChI is InChI=1S/C26H23NO4/c1-30-26(29)27(31-25(28)23-16-8-10-17-9-2-3-11-18(17)23)24-21-14-6-4-12-19(21)20-13-5-7-15-22(20)24/h2-7,9,11-15,23-24H,8,10,16H2,1H3/t23-/m0/s1. The fourth-order valence-corrected chi connectivity index (χ4v) is 4.83. The van der Waals surface area contributed by atoms with Crippen LogP contribution in [0.5, 0.6) is 0 Å². The Balaban J connectivity index is 1.52.